The first-order valence-corrected chi connectivity index (χ1v) is 26.8. The van der Waals surface area contributed by atoms with Crippen LogP contribution in [-0.2, 0) is 10.8 Å². The molecular formula is C72H50N4. The Morgan fingerprint density at radius 2 is 0.539 bits per heavy atom. The number of rotatable bonds is 6. The van der Waals surface area contributed by atoms with Crippen molar-refractivity contribution in [3.05, 3.63) is 253 Å². The molecule has 0 atom stereocenters. The molecule has 0 fully saturated rings. The Morgan fingerprint density at radius 3 is 0.908 bits per heavy atom. The van der Waals surface area contributed by atoms with E-state index in [1.54, 1.807) is 0 Å². The molecule has 76 heavy (non-hydrogen) atoms. The lowest BCUT2D eigenvalue weighted by molar-refractivity contribution is 0.660. The predicted octanol–water partition coefficient (Wildman–Crippen LogP) is 19.5. The van der Waals surface area contributed by atoms with Crippen LogP contribution >= 0.6 is 0 Å². The maximum absolute atomic E-state index is 2.52. The molecule has 2 aliphatic rings. The number of anilines is 6. The van der Waals surface area contributed by atoms with E-state index < -0.39 is 0 Å². The van der Waals surface area contributed by atoms with Crippen molar-refractivity contribution in [3.63, 3.8) is 0 Å². The minimum atomic E-state index is -0.151. The summed E-state index contributed by atoms with van der Waals surface area (Å²) in [5, 5.41) is 10.0. The molecule has 4 aromatic heterocycles. The number of para-hydroxylation sites is 4. The fourth-order valence-corrected chi connectivity index (χ4v) is 14.4. The zero-order chi connectivity index (χ0) is 50.3. The van der Waals surface area contributed by atoms with E-state index in [0.29, 0.717) is 0 Å². The van der Waals surface area contributed by atoms with E-state index in [2.05, 4.69) is 277 Å². The summed E-state index contributed by atoms with van der Waals surface area (Å²) >= 11 is 0. The van der Waals surface area contributed by atoms with Crippen LogP contribution in [0.1, 0.15) is 49.9 Å². The van der Waals surface area contributed by atoms with Gasteiger partial charge in [0.2, 0.25) is 0 Å². The molecule has 4 nitrogen and oxygen atoms in total. The SMILES string of the molecule is CC1(C)c2ccccc2-c2ccc(N(c3ccc(N(c4cc5c6ccccc6n6c7ccccc7c(c4)c56)c4cc5c6ccccc6n6c7ccccc7c(c4)c56)cc3)c3ccc4c(c3)C(C)(C)c3ccccc3-4)cc21. The highest BCUT2D eigenvalue weighted by Gasteiger charge is 2.38. The summed E-state index contributed by atoms with van der Waals surface area (Å²) < 4.78 is 4.95. The minimum absolute atomic E-state index is 0.151. The van der Waals surface area contributed by atoms with E-state index in [4.69, 9.17) is 0 Å². The molecule has 0 saturated carbocycles. The Bertz CT molecular complexity index is 4490. The van der Waals surface area contributed by atoms with Crippen molar-refractivity contribution in [2.45, 2.75) is 38.5 Å². The van der Waals surface area contributed by atoms with Crippen LogP contribution < -0.4 is 9.80 Å². The first-order valence-electron chi connectivity index (χ1n) is 26.8. The highest BCUT2D eigenvalue weighted by atomic mass is 15.2. The predicted molar refractivity (Wildman–Crippen MR) is 320 cm³/mol. The molecule has 4 heterocycles. The molecule has 11 aromatic carbocycles. The molecule has 0 amide bonds. The first-order chi connectivity index (χ1) is 37.2. The van der Waals surface area contributed by atoms with Crippen molar-refractivity contribution in [3.8, 4) is 22.3 Å². The van der Waals surface area contributed by atoms with Crippen molar-refractivity contribution in [1.29, 1.82) is 0 Å². The van der Waals surface area contributed by atoms with Gasteiger partial charge in [-0.2, -0.15) is 0 Å². The first kappa shape index (κ1) is 42.0. The molecule has 17 rings (SSSR count). The van der Waals surface area contributed by atoms with E-state index in [9.17, 15) is 0 Å². The van der Waals surface area contributed by atoms with Gasteiger partial charge in [0.05, 0.1) is 33.1 Å². The van der Waals surface area contributed by atoms with Gasteiger partial charge in [-0.1, -0.05) is 161 Å². The molecule has 0 unspecified atom stereocenters. The summed E-state index contributed by atoms with van der Waals surface area (Å²) in [5.74, 6) is 0. The van der Waals surface area contributed by atoms with Crippen molar-refractivity contribution in [2.75, 3.05) is 9.80 Å². The second kappa shape index (κ2) is 14.7. The maximum Gasteiger partial charge on any atom is 0.0622 e. The van der Waals surface area contributed by atoms with E-state index in [1.165, 1.54) is 121 Å². The summed E-state index contributed by atoms with van der Waals surface area (Å²) in [6, 6.07) is 87.0. The minimum Gasteiger partial charge on any atom is -0.310 e. The van der Waals surface area contributed by atoms with E-state index >= 15 is 0 Å². The molecular weight excluding hydrogens is 921 g/mol. The van der Waals surface area contributed by atoms with E-state index in [1.807, 2.05) is 0 Å². The summed E-state index contributed by atoms with van der Waals surface area (Å²) in [4.78, 5) is 5.01. The quantitative estimate of drug-likeness (QED) is 0.165. The zero-order valence-corrected chi connectivity index (χ0v) is 42.7. The fraction of sp³-hybridized carbons (Fsp3) is 0.0833. The second-order valence-corrected chi connectivity index (χ2v) is 22.5. The number of hydrogen-bond donors (Lipinski definition) is 0. The Labute approximate surface area is 440 Å². The molecule has 15 aromatic rings. The largest absolute Gasteiger partial charge is 0.310 e. The number of aromatic nitrogens is 2. The second-order valence-electron chi connectivity index (χ2n) is 22.5. The third-order valence-electron chi connectivity index (χ3n) is 17.9. The normalized spacial score (nSPS) is 14.3. The summed E-state index contributed by atoms with van der Waals surface area (Å²) in [5.41, 5.74) is 24.6. The molecule has 0 aliphatic heterocycles. The third kappa shape index (κ3) is 5.37. The van der Waals surface area contributed by atoms with Gasteiger partial charge in [-0.25, -0.2) is 0 Å². The van der Waals surface area contributed by atoms with Crippen LogP contribution in [0.4, 0.5) is 34.1 Å². The lowest BCUT2D eigenvalue weighted by Crippen LogP contribution is -2.18. The number of fused-ring (bicyclic) bond motifs is 18. The smallest absolute Gasteiger partial charge is 0.0622 e. The van der Waals surface area contributed by atoms with Crippen molar-refractivity contribution in [2.24, 2.45) is 0 Å². The molecule has 0 saturated heterocycles. The lowest BCUT2D eigenvalue weighted by atomic mass is 9.82. The number of hydrogen-bond acceptors (Lipinski definition) is 2. The van der Waals surface area contributed by atoms with Gasteiger partial charge < -0.3 is 18.6 Å². The molecule has 4 heteroatoms. The Morgan fingerprint density at radius 1 is 0.250 bits per heavy atom. The van der Waals surface area contributed by atoms with Crippen molar-refractivity contribution >= 4 is 110 Å². The van der Waals surface area contributed by atoms with Crippen LogP contribution in [-0.4, -0.2) is 8.80 Å². The monoisotopic (exact) mass is 970 g/mol. The van der Waals surface area contributed by atoms with Gasteiger partial charge in [-0.05, 0) is 142 Å². The summed E-state index contributed by atoms with van der Waals surface area (Å²) in [7, 11) is 0. The molecule has 2 aliphatic carbocycles. The molecule has 358 valence electrons. The Hall–Kier alpha value is -9.38. The summed E-state index contributed by atoms with van der Waals surface area (Å²) in [6.07, 6.45) is 0. The Balaban J connectivity index is 0.905. The molecule has 0 radical (unpaired) electrons. The average molecular weight is 971 g/mol. The number of benzene rings is 11. The molecule has 0 N–H and O–H groups in total. The zero-order valence-electron chi connectivity index (χ0n) is 42.7. The van der Waals surface area contributed by atoms with Crippen LogP contribution in [0.2, 0.25) is 0 Å². The Kier molecular flexibility index (Phi) is 8.12. The van der Waals surface area contributed by atoms with Crippen LogP contribution in [0.15, 0.2) is 231 Å². The number of nitrogens with zero attached hydrogens (tertiary/aromatic N) is 4. The van der Waals surface area contributed by atoms with Gasteiger partial charge in [-0.15, -0.1) is 0 Å². The maximum atomic E-state index is 2.52. The summed E-state index contributed by atoms with van der Waals surface area (Å²) in [6.45, 7) is 9.52. The van der Waals surface area contributed by atoms with Gasteiger partial charge in [-0.3, -0.25) is 0 Å². The fourth-order valence-electron chi connectivity index (χ4n) is 14.4. The highest BCUT2D eigenvalue weighted by molar-refractivity contribution is 6.26. The van der Waals surface area contributed by atoms with Crippen LogP contribution in [0, 0.1) is 0 Å². The van der Waals surface area contributed by atoms with Crippen molar-refractivity contribution < 1.29 is 0 Å². The van der Waals surface area contributed by atoms with E-state index in [0.717, 1.165) is 34.1 Å². The third-order valence-corrected chi connectivity index (χ3v) is 17.9. The van der Waals surface area contributed by atoms with Crippen LogP contribution in [0.3, 0.4) is 0 Å². The topological polar surface area (TPSA) is 15.3 Å². The van der Waals surface area contributed by atoms with E-state index in [-0.39, 0.29) is 10.8 Å². The highest BCUT2D eigenvalue weighted by Crippen LogP contribution is 2.54. The van der Waals surface area contributed by atoms with Gasteiger partial charge in [0, 0.05) is 88.0 Å². The van der Waals surface area contributed by atoms with Gasteiger partial charge in [0.1, 0.15) is 0 Å². The standard InChI is InChI=1S/C72H50N4/c1-71(2)61-23-11-5-17-49(61)51-35-33-45(41-63(51)71)73(46-34-36-52-50-18-6-12-24-62(50)72(3,4)64(52)42-46)43-29-31-44(32-30-43)74(47-37-57-53-19-7-13-25-65(53)75-66-26-14-8-20-54(66)58(38-47)69(57)75)48-39-59-55-21-9-15-27-67(55)76-68-28-16-10-22-56(68)60(40-48)70(59)76/h5-42H,1-4H3. The van der Waals surface area contributed by atoms with Crippen LogP contribution in [0.5, 0.6) is 0 Å². The molecule has 0 spiro atoms. The lowest BCUT2D eigenvalue weighted by Gasteiger charge is -2.31. The van der Waals surface area contributed by atoms with Crippen molar-refractivity contribution in [1.82, 2.24) is 8.80 Å². The molecule has 0 bridgehead atoms. The van der Waals surface area contributed by atoms with Gasteiger partial charge >= 0.3 is 0 Å². The average Bonchev–Trinajstić information content (AvgIpc) is 4.32. The van der Waals surface area contributed by atoms with Gasteiger partial charge in [0.15, 0.2) is 0 Å². The van der Waals surface area contributed by atoms with Crippen LogP contribution in [0.25, 0.3) is 98.4 Å². The van der Waals surface area contributed by atoms with Gasteiger partial charge in [0.25, 0.3) is 0 Å².